The molecule has 0 aliphatic heterocycles. The van der Waals surface area contributed by atoms with Crippen molar-refractivity contribution in [3.05, 3.63) is 46.5 Å². The average Bonchev–Trinajstić information content (AvgIpc) is 2.80. The molecule has 42 heavy (non-hydrogen) atoms. The molecule has 0 saturated heterocycles. The Bertz CT molecular complexity index is 1200. The topological polar surface area (TPSA) is 92.5 Å². The molecule has 0 heterocycles. The van der Waals surface area contributed by atoms with E-state index in [4.69, 9.17) is 11.5 Å². The molecular weight excluding hydrogens is 600 g/mol. The minimum atomic E-state index is -6.47. The van der Waals surface area contributed by atoms with Crippen LogP contribution in [0.3, 0.4) is 0 Å². The zero-order valence-corrected chi connectivity index (χ0v) is 21.8. The third-order valence-corrected chi connectivity index (χ3v) is 6.80. The highest BCUT2D eigenvalue weighted by Gasteiger charge is 2.74. The van der Waals surface area contributed by atoms with E-state index in [1.807, 2.05) is 0 Å². The van der Waals surface area contributed by atoms with E-state index in [1.54, 1.807) is 0 Å². The van der Waals surface area contributed by atoms with Crippen LogP contribution in [0.5, 0.6) is 11.5 Å². The maximum Gasteiger partial charge on any atom is 0.420 e. The quantitative estimate of drug-likeness (QED) is 0.0866. The Morgan fingerprint density at radius 2 is 1.10 bits per heavy atom. The number of benzene rings is 2. The molecule has 0 amide bonds. The summed E-state index contributed by atoms with van der Waals surface area (Å²) in [5.74, 6) is -2.89. The van der Waals surface area contributed by atoms with E-state index in [0.717, 1.165) is 0 Å². The summed E-state index contributed by atoms with van der Waals surface area (Å²) in [6.07, 6.45) is -22.3. The lowest BCUT2D eigenvalue weighted by atomic mass is 9.70. The summed E-state index contributed by atoms with van der Waals surface area (Å²) < 4.78 is 166. The highest BCUT2D eigenvalue weighted by atomic mass is 19.4. The third-order valence-electron chi connectivity index (χ3n) is 6.80. The summed E-state index contributed by atoms with van der Waals surface area (Å²) in [6.45, 7) is 0. The van der Waals surface area contributed by atoms with E-state index in [9.17, 15) is 62.9 Å². The van der Waals surface area contributed by atoms with E-state index in [2.05, 4.69) is 0 Å². The normalized spacial score (nSPS) is 13.5. The average molecular weight is 628 g/mol. The molecule has 0 fully saturated rings. The summed E-state index contributed by atoms with van der Waals surface area (Å²) >= 11 is 0. The van der Waals surface area contributed by atoms with Crippen LogP contribution in [-0.4, -0.2) is 28.7 Å². The first kappa shape index (κ1) is 35.0. The van der Waals surface area contributed by atoms with Crippen molar-refractivity contribution in [2.45, 2.75) is 87.9 Å². The Hall–Kier alpha value is -3.20. The van der Waals surface area contributed by atoms with Crippen molar-refractivity contribution in [2.24, 2.45) is 0 Å². The first-order valence-electron chi connectivity index (χ1n) is 12.6. The molecule has 238 valence electrons. The van der Waals surface area contributed by atoms with E-state index in [1.165, 1.54) is 0 Å². The predicted molar refractivity (Wildman–Crippen MR) is 130 cm³/mol. The summed E-state index contributed by atoms with van der Waals surface area (Å²) in [5.41, 5.74) is -4.02. The number of unbranched alkanes of at least 4 members (excludes halogenated alkanes) is 6. The van der Waals surface area contributed by atoms with Crippen LogP contribution in [0, 0.1) is 0 Å². The number of nitrogens with two attached hydrogens (primary N) is 2. The molecule has 2 rings (SSSR count). The van der Waals surface area contributed by atoms with Crippen LogP contribution in [0.4, 0.5) is 64.1 Å². The van der Waals surface area contributed by atoms with Gasteiger partial charge in [0, 0.05) is 6.42 Å². The molecule has 0 aliphatic carbocycles. The van der Waals surface area contributed by atoms with Gasteiger partial charge >= 0.3 is 24.7 Å². The van der Waals surface area contributed by atoms with Crippen molar-refractivity contribution < 1.29 is 62.9 Å². The Morgan fingerprint density at radius 1 is 0.595 bits per heavy atom. The van der Waals surface area contributed by atoms with E-state index >= 15 is 0 Å². The molecule has 0 saturated carbocycles. The van der Waals surface area contributed by atoms with E-state index in [0.29, 0.717) is 32.1 Å². The van der Waals surface area contributed by atoms with Gasteiger partial charge in [0.2, 0.25) is 5.41 Å². The molecule has 6 N–H and O–H groups in total. The number of anilines is 2. The SMILES string of the molecule is Nc1cc(C(c2ccc(N)c(O)c2C(F)(F)F)(C(F)(F)F)C(F)(F)F)cc(CCCCCCCCCC(F)(F)F)c1O. The lowest BCUT2D eigenvalue weighted by Gasteiger charge is -2.40. The number of nitrogen functional groups attached to an aromatic ring is 2. The number of phenolic OH excluding ortho intramolecular Hbond substituents is 2. The molecule has 0 atom stereocenters. The van der Waals surface area contributed by atoms with E-state index in [-0.39, 0.29) is 43.5 Å². The minimum absolute atomic E-state index is 0.0641. The van der Waals surface area contributed by atoms with Gasteiger partial charge in [-0.3, -0.25) is 0 Å². The lowest BCUT2D eigenvalue weighted by Crippen LogP contribution is -2.55. The highest BCUT2D eigenvalue weighted by Crippen LogP contribution is 2.60. The first-order chi connectivity index (χ1) is 19.1. The number of phenols is 2. The molecule has 4 nitrogen and oxygen atoms in total. The van der Waals surface area contributed by atoms with Gasteiger partial charge in [0.05, 0.1) is 11.4 Å². The molecule has 0 aromatic heterocycles. The fourth-order valence-electron chi connectivity index (χ4n) is 4.81. The Balaban J connectivity index is 2.50. The van der Waals surface area contributed by atoms with Gasteiger partial charge in [-0.15, -0.1) is 0 Å². The smallest absolute Gasteiger partial charge is 0.420 e. The van der Waals surface area contributed by atoms with Crippen molar-refractivity contribution in [1.82, 2.24) is 0 Å². The Morgan fingerprint density at radius 3 is 1.57 bits per heavy atom. The minimum Gasteiger partial charge on any atom is -0.506 e. The lowest BCUT2D eigenvalue weighted by molar-refractivity contribution is -0.289. The molecule has 2 aromatic carbocycles. The summed E-state index contributed by atoms with van der Waals surface area (Å²) in [6, 6.07) is 0.516. The monoisotopic (exact) mass is 628 g/mol. The summed E-state index contributed by atoms with van der Waals surface area (Å²) in [4.78, 5) is 0. The zero-order chi connectivity index (χ0) is 32.3. The molecule has 0 spiro atoms. The van der Waals surface area contributed by atoms with Crippen LogP contribution < -0.4 is 11.5 Å². The van der Waals surface area contributed by atoms with Crippen LogP contribution in [0.2, 0.25) is 0 Å². The number of rotatable bonds is 11. The third kappa shape index (κ3) is 7.60. The van der Waals surface area contributed by atoms with Gasteiger partial charge in [-0.2, -0.15) is 52.7 Å². The number of hydrogen-bond acceptors (Lipinski definition) is 4. The van der Waals surface area contributed by atoms with Crippen molar-refractivity contribution >= 4 is 11.4 Å². The number of hydrogen-bond donors (Lipinski definition) is 4. The summed E-state index contributed by atoms with van der Waals surface area (Å²) in [7, 11) is 0. The van der Waals surface area contributed by atoms with Crippen LogP contribution in [0.25, 0.3) is 0 Å². The van der Waals surface area contributed by atoms with Crippen molar-refractivity contribution in [2.75, 3.05) is 11.5 Å². The fraction of sp³-hybridized carbons (Fsp3) is 0.538. The molecular formula is C26H28F12N2O2. The van der Waals surface area contributed by atoms with Gasteiger partial charge in [-0.25, -0.2) is 0 Å². The number of aromatic hydroxyl groups is 2. The maximum absolute atomic E-state index is 14.6. The maximum atomic E-state index is 14.6. The highest BCUT2D eigenvalue weighted by molar-refractivity contribution is 5.66. The molecule has 0 aliphatic rings. The van der Waals surface area contributed by atoms with Gasteiger partial charge < -0.3 is 21.7 Å². The first-order valence-corrected chi connectivity index (χ1v) is 12.6. The van der Waals surface area contributed by atoms with Gasteiger partial charge in [-0.05, 0) is 48.1 Å². The van der Waals surface area contributed by atoms with Gasteiger partial charge in [0.1, 0.15) is 11.3 Å². The van der Waals surface area contributed by atoms with Gasteiger partial charge in [-0.1, -0.05) is 44.2 Å². The Labute approximate surface area is 232 Å². The predicted octanol–water partition coefficient (Wildman–Crippen LogP) is 8.92. The number of halogens is 12. The number of aryl methyl sites for hydroxylation is 1. The Kier molecular flexibility index (Phi) is 10.5. The van der Waals surface area contributed by atoms with Gasteiger partial charge in [0.25, 0.3) is 0 Å². The van der Waals surface area contributed by atoms with E-state index < -0.39 is 81.7 Å². The molecule has 0 bridgehead atoms. The summed E-state index contributed by atoms with van der Waals surface area (Å²) in [5, 5.41) is 20.2. The van der Waals surface area contributed by atoms with Crippen molar-refractivity contribution in [3.8, 4) is 11.5 Å². The standard InChI is InChI=1S/C26H28F12N2O2/c27-22(28,29)11-7-5-3-1-2-4-6-8-14-12-15(13-18(40)20(14)41)23(25(33,34)35,26(36,37)38)16-9-10-17(39)21(42)19(16)24(30,31)32/h9-10,12-13,41-42H,1-8,11,39-40H2. The van der Waals surface area contributed by atoms with Crippen LogP contribution in [0.15, 0.2) is 24.3 Å². The molecule has 16 heteroatoms. The molecule has 0 radical (unpaired) electrons. The van der Waals surface area contributed by atoms with Crippen LogP contribution >= 0.6 is 0 Å². The fourth-order valence-corrected chi connectivity index (χ4v) is 4.81. The largest absolute Gasteiger partial charge is 0.506 e. The molecule has 0 unspecified atom stereocenters. The second-order valence-corrected chi connectivity index (χ2v) is 9.83. The van der Waals surface area contributed by atoms with Gasteiger partial charge in [0.15, 0.2) is 5.75 Å². The second-order valence-electron chi connectivity index (χ2n) is 9.83. The van der Waals surface area contributed by atoms with Crippen molar-refractivity contribution in [3.63, 3.8) is 0 Å². The molecule has 2 aromatic rings. The van der Waals surface area contributed by atoms with Crippen molar-refractivity contribution in [1.29, 1.82) is 0 Å². The number of alkyl halides is 12. The van der Waals surface area contributed by atoms with Crippen LogP contribution in [-0.2, 0) is 18.0 Å². The second kappa shape index (κ2) is 12.6. The van der Waals surface area contributed by atoms with Crippen LogP contribution in [0.1, 0.15) is 73.6 Å². The zero-order valence-electron chi connectivity index (χ0n) is 21.8.